The molecule has 0 aliphatic heterocycles. The summed E-state index contributed by atoms with van der Waals surface area (Å²) in [6.07, 6.45) is 10.8. The molecular weight excluding hydrogens is 234 g/mol. The number of nitrogens with one attached hydrogen (secondary N) is 1. The van der Waals surface area contributed by atoms with Crippen LogP contribution in [0.2, 0.25) is 5.02 Å². The van der Waals surface area contributed by atoms with E-state index in [2.05, 4.69) is 16.2 Å². The predicted molar refractivity (Wildman–Crippen MR) is 70.0 cm³/mol. The zero-order chi connectivity index (χ0) is 12.1. The van der Waals surface area contributed by atoms with Gasteiger partial charge in [0.05, 0.1) is 10.7 Å². The molecule has 4 heteroatoms. The number of rotatable bonds is 5. The summed E-state index contributed by atoms with van der Waals surface area (Å²) in [4.78, 5) is 4.47. The molecule has 3 nitrogen and oxygen atoms in total. The first-order valence-corrected chi connectivity index (χ1v) is 5.95. The van der Waals surface area contributed by atoms with Crippen LogP contribution in [0.1, 0.15) is 18.5 Å². The van der Waals surface area contributed by atoms with Crippen LogP contribution in [0.3, 0.4) is 0 Å². The predicted octanol–water partition coefficient (Wildman–Crippen LogP) is 2.49. The Balaban J connectivity index is 1.93. The molecule has 2 aromatic heterocycles. The average Bonchev–Trinajstić information content (AvgIpc) is 2.70. The molecule has 0 amide bonds. The SMILES string of the molecule is C#CCCCNCc1cn2cc(Cl)ccc2n1. The molecular formula is C13H14ClN3. The van der Waals surface area contributed by atoms with E-state index in [4.69, 9.17) is 18.0 Å². The van der Waals surface area contributed by atoms with Crippen LogP contribution in [0.25, 0.3) is 5.65 Å². The van der Waals surface area contributed by atoms with Crippen LogP contribution in [0, 0.1) is 12.3 Å². The number of pyridine rings is 1. The zero-order valence-corrected chi connectivity index (χ0v) is 10.2. The van der Waals surface area contributed by atoms with Crippen molar-refractivity contribution < 1.29 is 0 Å². The van der Waals surface area contributed by atoms with E-state index in [1.165, 1.54) is 0 Å². The Kier molecular flexibility index (Phi) is 4.03. The molecule has 0 aliphatic rings. The van der Waals surface area contributed by atoms with Gasteiger partial charge in [-0.15, -0.1) is 12.3 Å². The van der Waals surface area contributed by atoms with Gasteiger partial charge >= 0.3 is 0 Å². The van der Waals surface area contributed by atoms with Gasteiger partial charge in [0.2, 0.25) is 0 Å². The monoisotopic (exact) mass is 247 g/mol. The van der Waals surface area contributed by atoms with Gasteiger partial charge in [-0.05, 0) is 25.1 Å². The average molecular weight is 248 g/mol. The Hall–Kier alpha value is -1.50. The largest absolute Gasteiger partial charge is 0.311 e. The summed E-state index contributed by atoms with van der Waals surface area (Å²) in [6, 6.07) is 3.75. The minimum atomic E-state index is 0.712. The Bertz CT molecular complexity index is 539. The molecule has 0 spiro atoms. The van der Waals surface area contributed by atoms with E-state index in [0.29, 0.717) is 5.02 Å². The molecule has 88 valence electrons. The van der Waals surface area contributed by atoms with Crippen molar-refractivity contribution in [1.29, 1.82) is 0 Å². The molecule has 1 N–H and O–H groups in total. The smallest absolute Gasteiger partial charge is 0.137 e. The summed E-state index contributed by atoms with van der Waals surface area (Å²) < 4.78 is 1.93. The third kappa shape index (κ3) is 3.23. The summed E-state index contributed by atoms with van der Waals surface area (Å²) in [5.74, 6) is 2.62. The summed E-state index contributed by atoms with van der Waals surface area (Å²) in [5, 5.41) is 4.02. The number of terminal acetylenes is 1. The van der Waals surface area contributed by atoms with Crippen molar-refractivity contribution in [2.75, 3.05) is 6.54 Å². The molecule has 0 bridgehead atoms. The van der Waals surface area contributed by atoms with Crippen molar-refractivity contribution in [2.45, 2.75) is 19.4 Å². The van der Waals surface area contributed by atoms with E-state index >= 15 is 0 Å². The maximum Gasteiger partial charge on any atom is 0.137 e. The normalized spacial score (nSPS) is 10.6. The lowest BCUT2D eigenvalue weighted by Gasteiger charge is -1.99. The minimum absolute atomic E-state index is 0.712. The van der Waals surface area contributed by atoms with E-state index in [0.717, 1.165) is 37.3 Å². The van der Waals surface area contributed by atoms with Gasteiger partial charge in [-0.2, -0.15) is 0 Å². The summed E-state index contributed by atoms with van der Waals surface area (Å²) in [6.45, 7) is 1.67. The Morgan fingerprint density at radius 2 is 2.29 bits per heavy atom. The first kappa shape index (κ1) is 12.0. The van der Waals surface area contributed by atoms with Gasteiger partial charge in [-0.3, -0.25) is 0 Å². The van der Waals surface area contributed by atoms with Gasteiger partial charge in [0.1, 0.15) is 5.65 Å². The van der Waals surface area contributed by atoms with Crippen LogP contribution in [0.5, 0.6) is 0 Å². The van der Waals surface area contributed by atoms with Crippen molar-refractivity contribution in [3.05, 3.63) is 35.2 Å². The quantitative estimate of drug-likeness (QED) is 0.650. The van der Waals surface area contributed by atoms with Gasteiger partial charge in [0.25, 0.3) is 0 Å². The molecule has 0 unspecified atom stereocenters. The summed E-state index contributed by atoms with van der Waals surface area (Å²) >= 11 is 5.91. The number of hydrogen-bond donors (Lipinski definition) is 1. The van der Waals surface area contributed by atoms with Crippen LogP contribution in [0.15, 0.2) is 24.5 Å². The zero-order valence-electron chi connectivity index (χ0n) is 9.49. The number of unbranched alkanes of at least 4 members (excludes halogenated alkanes) is 1. The highest BCUT2D eigenvalue weighted by Crippen LogP contribution is 2.11. The van der Waals surface area contributed by atoms with E-state index in [1.807, 2.05) is 28.9 Å². The standard InChI is InChI=1S/C13H14ClN3/c1-2-3-4-7-15-8-12-10-17-9-11(14)5-6-13(17)16-12/h1,5-6,9-10,15H,3-4,7-8H2. The second-order valence-corrected chi connectivity index (χ2v) is 4.27. The number of hydrogen-bond acceptors (Lipinski definition) is 2. The van der Waals surface area contributed by atoms with Crippen molar-refractivity contribution >= 4 is 17.2 Å². The lowest BCUT2D eigenvalue weighted by molar-refractivity contribution is 0.651. The summed E-state index contributed by atoms with van der Waals surface area (Å²) in [5.41, 5.74) is 1.92. The first-order chi connectivity index (χ1) is 8.29. The molecule has 0 aliphatic carbocycles. The molecule has 2 aromatic rings. The molecule has 2 rings (SSSR count). The fraction of sp³-hybridized carbons (Fsp3) is 0.308. The number of nitrogens with zero attached hydrogens (tertiary/aromatic N) is 2. The number of fused-ring (bicyclic) bond motifs is 1. The second-order valence-electron chi connectivity index (χ2n) is 3.83. The van der Waals surface area contributed by atoms with Gasteiger partial charge in [-0.25, -0.2) is 4.98 Å². The van der Waals surface area contributed by atoms with Crippen LogP contribution < -0.4 is 5.32 Å². The molecule has 0 fully saturated rings. The van der Waals surface area contributed by atoms with Crippen LogP contribution in [-0.4, -0.2) is 15.9 Å². The molecule has 17 heavy (non-hydrogen) atoms. The fourth-order valence-corrected chi connectivity index (χ4v) is 1.80. The second kappa shape index (κ2) is 5.72. The maximum absolute atomic E-state index is 5.91. The van der Waals surface area contributed by atoms with E-state index in [1.54, 1.807) is 0 Å². The molecule has 0 aromatic carbocycles. The highest BCUT2D eigenvalue weighted by molar-refractivity contribution is 6.30. The molecule has 2 heterocycles. The highest BCUT2D eigenvalue weighted by atomic mass is 35.5. The topological polar surface area (TPSA) is 29.3 Å². The van der Waals surface area contributed by atoms with E-state index < -0.39 is 0 Å². The van der Waals surface area contributed by atoms with Crippen molar-refractivity contribution in [1.82, 2.24) is 14.7 Å². The fourth-order valence-electron chi connectivity index (χ4n) is 1.63. The molecule has 0 atom stereocenters. The summed E-state index contributed by atoms with van der Waals surface area (Å²) in [7, 11) is 0. The van der Waals surface area contributed by atoms with Crippen LogP contribution in [-0.2, 0) is 6.54 Å². The van der Waals surface area contributed by atoms with Crippen molar-refractivity contribution in [2.24, 2.45) is 0 Å². The lowest BCUT2D eigenvalue weighted by atomic mass is 10.3. The van der Waals surface area contributed by atoms with Gasteiger partial charge in [0, 0.05) is 25.4 Å². The molecule has 0 saturated carbocycles. The Labute approximate surface area is 106 Å². The van der Waals surface area contributed by atoms with E-state index in [-0.39, 0.29) is 0 Å². The number of aromatic nitrogens is 2. The van der Waals surface area contributed by atoms with Crippen LogP contribution >= 0.6 is 11.6 Å². The lowest BCUT2D eigenvalue weighted by Crippen LogP contribution is -2.14. The van der Waals surface area contributed by atoms with Crippen molar-refractivity contribution in [3.8, 4) is 12.3 Å². The van der Waals surface area contributed by atoms with Crippen molar-refractivity contribution in [3.63, 3.8) is 0 Å². The number of imidazole rings is 1. The highest BCUT2D eigenvalue weighted by Gasteiger charge is 2.01. The maximum atomic E-state index is 5.91. The Morgan fingerprint density at radius 1 is 1.41 bits per heavy atom. The van der Waals surface area contributed by atoms with Gasteiger partial charge in [0.15, 0.2) is 0 Å². The number of halogens is 1. The molecule has 0 radical (unpaired) electrons. The van der Waals surface area contributed by atoms with Gasteiger partial charge < -0.3 is 9.72 Å². The van der Waals surface area contributed by atoms with E-state index in [9.17, 15) is 0 Å². The third-order valence-corrected chi connectivity index (χ3v) is 2.67. The van der Waals surface area contributed by atoms with Gasteiger partial charge in [-0.1, -0.05) is 11.6 Å². The molecule has 0 saturated heterocycles. The first-order valence-electron chi connectivity index (χ1n) is 5.57. The minimum Gasteiger partial charge on any atom is -0.311 e. The third-order valence-electron chi connectivity index (χ3n) is 2.45. The Morgan fingerprint density at radius 3 is 3.12 bits per heavy atom. The van der Waals surface area contributed by atoms with Crippen LogP contribution in [0.4, 0.5) is 0 Å².